The van der Waals surface area contributed by atoms with E-state index in [9.17, 15) is 19.8 Å². The number of carbonyl (C=O) groups is 2. The summed E-state index contributed by atoms with van der Waals surface area (Å²) in [6, 6.07) is 7.74. The molecule has 0 aliphatic heterocycles. The van der Waals surface area contributed by atoms with Gasteiger partial charge in [0, 0.05) is 6.54 Å². The lowest BCUT2D eigenvalue weighted by molar-refractivity contribution is -0.146. The van der Waals surface area contributed by atoms with E-state index in [-0.39, 0.29) is 6.54 Å². The molecule has 0 spiro atoms. The topological polar surface area (TPSA) is 99.1 Å². The van der Waals surface area contributed by atoms with Gasteiger partial charge in [0.25, 0.3) is 0 Å². The molecule has 0 unspecified atom stereocenters. The molecule has 22 heavy (non-hydrogen) atoms. The summed E-state index contributed by atoms with van der Waals surface area (Å²) in [5.41, 5.74) is 2.47. The summed E-state index contributed by atoms with van der Waals surface area (Å²) in [7, 11) is 0. The lowest BCUT2D eigenvalue weighted by Gasteiger charge is -2.29. The predicted octanol–water partition coefficient (Wildman–Crippen LogP) is 1.37. The molecule has 0 heterocycles. The average Bonchev–Trinajstić information content (AvgIpc) is 2.37. The molecule has 1 atom stereocenters. The van der Waals surface area contributed by atoms with Crippen LogP contribution >= 0.6 is 0 Å². The third-order valence-electron chi connectivity index (χ3n) is 2.66. The Bertz CT molecular complexity index is 498. The second-order valence-corrected chi connectivity index (χ2v) is 5.76. The number of nitrogens with zero attached hydrogens (tertiary/aromatic N) is 1. The van der Waals surface area contributed by atoms with Gasteiger partial charge in [-0.3, -0.25) is 10.2 Å². The van der Waals surface area contributed by atoms with Crippen LogP contribution in [0.2, 0.25) is 0 Å². The number of carboxylic acids is 1. The summed E-state index contributed by atoms with van der Waals surface area (Å²) >= 11 is 0. The van der Waals surface area contributed by atoms with Crippen molar-refractivity contribution < 1.29 is 24.5 Å². The Morgan fingerprint density at radius 2 is 1.86 bits per heavy atom. The molecule has 7 nitrogen and oxygen atoms in total. The van der Waals surface area contributed by atoms with Crippen molar-refractivity contribution >= 4 is 12.1 Å². The Morgan fingerprint density at radius 3 is 2.32 bits per heavy atom. The first-order valence-corrected chi connectivity index (χ1v) is 6.87. The summed E-state index contributed by atoms with van der Waals surface area (Å²) < 4.78 is 5.11. The number of nitrogens with one attached hydrogen (secondary N) is 1. The molecule has 0 radical (unpaired) electrons. The number of carboxylic acid groups (broad SMARTS) is 1. The van der Waals surface area contributed by atoms with Gasteiger partial charge >= 0.3 is 12.1 Å². The molecule has 1 aromatic carbocycles. The minimum atomic E-state index is -1.27. The van der Waals surface area contributed by atoms with Crippen molar-refractivity contribution in [3.05, 3.63) is 35.9 Å². The normalized spacial score (nSPS) is 12.8. The van der Waals surface area contributed by atoms with Gasteiger partial charge < -0.3 is 14.9 Å². The standard InChI is InChI=1S/C15H22N2O5/c1-15(2,3)22-14(21)16-17(12(10-18)13(19)20)9-11-7-5-4-6-8-11/h4-8,12,18H,9-10H2,1-3H3,(H,16,21)(H,19,20)/t12-/m1/s1. The van der Waals surface area contributed by atoms with Gasteiger partial charge in [0.15, 0.2) is 0 Å². The number of carbonyl (C=O) groups excluding carboxylic acids is 1. The highest BCUT2D eigenvalue weighted by Gasteiger charge is 2.28. The van der Waals surface area contributed by atoms with Crippen molar-refractivity contribution in [2.75, 3.05) is 6.61 Å². The maximum Gasteiger partial charge on any atom is 0.422 e. The Labute approximate surface area is 129 Å². The minimum absolute atomic E-state index is 0.123. The van der Waals surface area contributed by atoms with Gasteiger partial charge in [-0.15, -0.1) is 0 Å². The maximum atomic E-state index is 11.9. The summed E-state index contributed by atoms with van der Waals surface area (Å²) in [6.07, 6.45) is -0.775. The van der Waals surface area contributed by atoms with Crippen LogP contribution in [0.4, 0.5) is 4.79 Å². The molecule has 0 aliphatic carbocycles. The Balaban J connectivity index is 2.86. The summed E-state index contributed by atoms with van der Waals surface area (Å²) in [5.74, 6) is -1.24. The van der Waals surface area contributed by atoms with E-state index in [0.717, 1.165) is 10.6 Å². The number of benzene rings is 1. The van der Waals surface area contributed by atoms with Crippen LogP contribution in [-0.2, 0) is 16.1 Å². The van der Waals surface area contributed by atoms with Crippen LogP contribution in [0.25, 0.3) is 0 Å². The molecule has 122 valence electrons. The van der Waals surface area contributed by atoms with Gasteiger partial charge in [0.1, 0.15) is 11.6 Å². The van der Waals surface area contributed by atoms with Crippen molar-refractivity contribution in [1.29, 1.82) is 0 Å². The number of aliphatic hydroxyl groups is 1. The number of hydrogen-bond acceptors (Lipinski definition) is 5. The smallest absolute Gasteiger partial charge is 0.422 e. The van der Waals surface area contributed by atoms with Crippen LogP contribution < -0.4 is 5.43 Å². The highest BCUT2D eigenvalue weighted by molar-refractivity contribution is 5.74. The molecule has 3 N–H and O–H groups in total. The molecule has 1 amide bonds. The van der Waals surface area contributed by atoms with E-state index in [2.05, 4.69) is 5.43 Å². The van der Waals surface area contributed by atoms with Crippen LogP contribution in [0.3, 0.4) is 0 Å². The largest absolute Gasteiger partial charge is 0.480 e. The fourth-order valence-corrected chi connectivity index (χ4v) is 1.74. The van der Waals surface area contributed by atoms with E-state index in [1.807, 2.05) is 6.07 Å². The Kier molecular flexibility index (Phi) is 6.33. The summed E-state index contributed by atoms with van der Waals surface area (Å²) in [4.78, 5) is 23.1. The van der Waals surface area contributed by atoms with Gasteiger partial charge in [-0.05, 0) is 26.3 Å². The fourth-order valence-electron chi connectivity index (χ4n) is 1.74. The molecule has 0 saturated heterocycles. The van der Waals surface area contributed by atoms with E-state index >= 15 is 0 Å². The van der Waals surface area contributed by atoms with Crippen molar-refractivity contribution in [3.8, 4) is 0 Å². The monoisotopic (exact) mass is 310 g/mol. The molecular weight excluding hydrogens is 288 g/mol. The predicted molar refractivity (Wildman–Crippen MR) is 79.9 cm³/mol. The highest BCUT2D eigenvalue weighted by Crippen LogP contribution is 2.10. The van der Waals surface area contributed by atoms with Crippen molar-refractivity contribution in [2.45, 2.75) is 39.0 Å². The number of hydrazine groups is 1. The molecule has 0 fully saturated rings. The van der Waals surface area contributed by atoms with Gasteiger partial charge in [0.05, 0.1) is 6.61 Å². The third-order valence-corrected chi connectivity index (χ3v) is 2.66. The quantitative estimate of drug-likeness (QED) is 0.686. The Hall–Kier alpha value is -2.12. The first-order chi connectivity index (χ1) is 10.2. The van der Waals surface area contributed by atoms with Gasteiger partial charge in [-0.2, -0.15) is 5.01 Å². The van der Waals surface area contributed by atoms with E-state index in [1.165, 1.54) is 0 Å². The van der Waals surface area contributed by atoms with Crippen molar-refractivity contribution in [2.24, 2.45) is 0 Å². The van der Waals surface area contributed by atoms with Crippen LogP contribution in [0.15, 0.2) is 30.3 Å². The number of amides is 1. The number of aliphatic carboxylic acids is 1. The fraction of sp³-hybridized carbons (Fsp3) is 0.467. The number of aliphatic hydroxyl groups excluding tert-OH is 1. The maximum absolute atomic E-state index is 11.9. The minimum Gasteiger partial charge on any atom is -0.480 e. The zero-order valence-electron chi connectivity index (χ0n) is 12.9. The number of hydrogen-bond donors (Lipinski definition) is 3. The van der Waals surface area contributed by atoms with Gasteiger partial charge in [0.2, 0.25) is 0 Å². The van der Waals surface area contributed by atoms with E-state index < -0.39 is 30.3 Å². The van der Waals surface area contributed by atoms with Crippen LogP contribution in [-0.4, -0.2) is 45.5 Å². The molecule has 0 saturated carbocycles. The molecule has 0 bridgehead atoms. The summed E-state index contributed by atoms with van der Waals surface area (Å²) in [6.45, 7) is 4.59. The first kappa shape index (κ1) is 17.9. The van der Waals surface area contributed by atoms with Crippen molar-refractivity contribution in [1.82, 2.24) is 10.4 Å². The second kappa shape index (κ2) is 7.77. The van der Waals surface area contributed by atoms with Crippen LogP contribution in [0.1, 0.15) is 26.3 Å². The van der Waals surface area contributed by atoms with E-state index in [1.54, 1.807) is 45.0 Å². The van der Waals surface area contributed by atoms with Crippen LogP contribution in [0.5, 0.6) is 0 Å². The third kappa shape index (κ3) is 6.11. The number of rotatable bonds is 6. The van der Waals surface area contributed by atoms with Gasteiger partial charge in [-0.25, -0.2) is 4.79 Å². The van der Waals surface area contributed by atoms with Gasteiger partial charge in [-0.1, -0.05) is 30.3 Å². The second-order valence-electron chi connectivity index (χ2n) is 5.76. The average molecular weight is 310 g/mol. The van der Waals surface area contributed by atoms with E-state index in [0.29, 0.717) is 0 Å². The lowest BCUT2D eigenvalue weighted by atomic mass is 10.2. The SMILES string of the molecule is CC(C)(C)OC(=O)NN(Cc1ccccc1)[C@H](CO)C(=O)O. The Morgan fingerprint density at radius 1 is 1.27 bits per heavy atom. The molecule has 0 aliphatic rings. The molecule has 0 aromatic heterocycles. The summed E-state index contributed by atoms with van der Waals surface area (Å²) in [5, 5.41) is 19.6. The lowest BCUT2D eigenvalue weighted by Crippen LogP contribution is -2.53. The molecule has 1 rings (SSSR count). The van der Waals surface area contributed by atoms with Crippen molar-refractivity contribution in [3.63, 3.8) is 0 Å². The number of ether oxygens (including phenoxy) is 1. The van der Waals surface area contributed by atoms with E-state index in [4.69, 9.17) is 4.74 Å². The zero-order valence-corrected chi connectivity index (χ0v) is 12.9. The highest BCUT2D eigenvalue weighted by atomic mass is 16.6. The zero-order chi connectivity index (χ0) is 16.8. The molecule has 1 aromatic rings. The molecule has 7 heteroatoms. The first-order valence-electron chi connectivity index (χ1n) is 6.87. The molecular formula is C15H22N2O5. The van der Waals surface area contributed by atoms with Crippen LogP contribution in [0, 0.1) is 0 Å².